The zero-order valence-corrected chi connectivity index (χ0v) is 21.5. The van der Waals surface area contributed by atoms with Crippen LogP contribution in [0.5, 0.6) is 11.5 Å². The van der Waals surface area contributed by atoms with Crippen LogP contribution in [0.4, 0.5) is 0 Å². The smallest absolute Gasteiger partial charge is 0.337 e. The minimum atomic E-state index is -0.946. The molecule has 8 nitrogen and oxygen atoms in total. The van der Waals surface area contributed by atoms with Crippen LogP contribution in [-0.2, 0) is 23.9 Å². The Morgan fingerprint density at radius 1 is 1.17 bits per heavy atom. The van der Waals surface area contributed by atoms with Gasteiger partial charge in [0.25, 0.3) is 0 Å². The maximum absolute atomic E-state index is 13.8. The van der Waals surface area contributed by atoms with Gasteiger partial charge < -0.3 is 24.3 Å². The molecular formula is C27H35NO7. The lowest BCUT2D eigenvalue weighted by atomic mass is 9.69. The molecule has 0 spiro atoms. The van der Waals surface area contributed by atoms with E-state index < -0.39 is 23.8 Å². The number of rotatable bonds is 8. The number of hydrogen-bond donors (Lipinski definition) is 1. The van der Waals surface area contributed by atoms with Crippen LogP contribution in [0.2, 0.25) is 0 Å². The normalized spacial score (nSPS) is 22.7. The SMILES string of the molecule is CCOc1ccc([C@H]2C(C(=O)O[C@H](C)CC)=C(C)NC3=C2C(=O)[C@H](C(=O)OC)[C@H](C)C3)cc1OC. The summed E-state index contributed by atoms with van der Waals surface area (Å²) in [7, 11) is 2.81. The van der Waals surface area contributed by atoms with Crippen molar-refractivity contribution in [1.29, 1.82) is 0 Å². The number of allylic oxidation sites excluding steroid dienone is 3. The summed E-state index contributed by atoms with van der Waals surface area (Å²) in [5, 5.41) is 3.27. The van der Waals surface area contributed by atoms with Crippen LogP contribution in [0, 0.1) is 11.8 Å². The topological polar surface area (TPSA) is 100 Å². The summed E-state index contributed by atoms with van der Waals surface area (Å²) < 4.78 is 21.8. The van der Waals surface area contributed by atoms with E-state index in [1.807, 2.05) is 33.8 Å². The van der Waals surface area contributed by atoms with E-state index in [0.29, 0.717) is 59.1 Å². The molecule has 2 aliphatic rings. The molecule has 1 aromatic carbocycles. The van der Waals surface area contributed by atoms with Crippen LogP contribution in [0.15, 0.2) is 40.7 Å². The Balaban J connectivity index is 2.20. The second kappa shape index (κ2) is 11.0. The van der Waals surface area contributed by atoms with Gasteiger partial charge in [-0.05, 0) is 57.2 Å². The number of esters is 2. The predicted octanol–water partition coefficient (Wildman–Crippen LogP) is 4.05. The summed E-state index contributed by atoms with van der Waals surface area (Å²) in [6.45, 7) is 9.75. The monoisotopic (exact) mass is 485 g/mol. The molecule has 1 aromatic rings. The van der Waals surface area contributed by atoms with Gasteiger partial charge in [0, 0.05) is 22.9 Å². The third kappa shape index (κ3) is 5.06. The van der Waals surface area contributed by atoms with Crippen LogP contribution in [0.1, 0.15) is 58.9 Å². The lowest BCUT2D eigenvalue weighted by molar-refractivity contribution is -0.151. The third-order valence-corrected chi connectivity index (χ3v) is 6.67. The Morgan fingerprint density at radius 3 is 2.49 bits per heavy atom. The van der Waals surface area contributed by atoms with Gasteiger partial charge >= 0.3 is 11.9 Å². The zero-order chi connectivity index (χ0) is 25.9. The van der Waals surface area contributed by atoms with Crippen molar-refractivity contribution in [2.75, 3.05) is 20.8 Å². The van der Waals surface area contributed by atoms with Crippen molar-refractivity contribution in [2.45, 2.75) is 59.5 Å². The number of Topliss-reactive ketones (excluding diaryl/α,β-unsaturated/α-hetero) is 1. The highest BCUT2D eigenvalue weighted by Crippen LogP contribution is 2.47. The van der Waals surface area contributed by atoms with Gasteiger partial charge in [-0.3, -0.25) is 9.59 Å². The first-order chi connectivity index (χ1) is 16.7. The molecule has 0 saturated heterocycles. The summed E-state index contributed by atoms with van der Waals surface area (Å²) >= 11 is 0. The predicted molar refractivity (Wildman–Crippen MR) is 130 cm³/mol. The molecule has 0 radical (unpaired) electrons. The minimum Gasteiger partial charge on any atom is -0.493 e. The fraction of sp³-hybridized carbons (Fsp3) is 0.519. The largest absolute Gasteiger partial charge is 0.493 e. The van der Waals surface area contributed by atoms with Crippen molar-refractivity contribution in [2.24, 2.45) is 11.8 Å². The fourth-order valence-electron chi connectivity index (χ4n) is 4.75. The Labute approximate surface area is 206 Å². The van der Waals surface area contributed by atoms with Crippen molar-refractivity contribution in [3.8, 4) is 11.5 Å². The average molecular weight is 486 g/mol. The fourth-order valence-corrected chi connectivity index (χ4v) is 4.75. The van der Waals surface area contributed by atoms with Gasteiger partial charge in [-0.2, -0.15) is 0 Å². The first-order valence-electron chi connectivity index (χ1n) is 12.0. The molecule has 0 aromatic heterocycles. The maximum atomic E-state index is 13.8. The minimum absolute atomic E-state index is 0.252. The van der Waals surface area contributed by atoms with Crippen LogP contribution in [-0.4, -0.2) is 44.7 Å². The van der Waals surface area contributed by atoms with E-state index in [1.54, 1.807) is 19.1 Å². The number of benzene rings is 1. The maximum Gasteiger partial charge on any atom is 0.337 e. The number of ether oxygens (including phenoxy) is 4. The highest BCUT2D eigenvalue weighted by molar-refractivity contribution is 6.12. The average Bonchev–Trinajstić information content (AvgIpc) is 2.83. The number of dihydropyridines is 1. The Bertz CT molecular complexity index is 1070. The van der Waals surface area contributed by atoms with Crippen molar-refractivity contribution < 1.29 is 33.3 Å². The highest BCUT2D eigenvalue weighted by Gasteiger charge is 2.47. The molecule has 0 saturated carbocycles. The first-order valence-corrected chi connectivity index (χ1v) is 12.0. The molecule has 0 bridgehead atoms. The molecular weight excluding hydrogens is 450 g/mol. The zero-order valence-electron chi connectivity index (χ0n) is 21.5. The Kier molecular flexibility index (Phi) is 8.25. The summed E-state index contributed by atoms with van der Waals surface area (Å²) in [4.78, 5) is 39.8. The first kappa shape index (κ1) is 26.3. The van der Waals surface area contributed by atoms with Crippen LogP contribution in [0.25, 0.3) is 0 Å². The van der Waals surface area contributed by atoms with Crippen LogP contribution < -0.4 is 14.8 Å². The van der Waals surface area contributed by atoms with Gasteiger partial charge in [0.15, 0.2) is 17.3 Å². The second-order valence-corrected chi connectivity index (χ2v) is 9.00. The van der Waals surface area contributed by atoms with Gasteiger partial charge in [0.05, 0.1) is 32.5 Å². The van der Waals surface area contributed by atoms with Gasteiger partial charge in [0.1, 0.15) is 5.92 Å². The quantitative estimate of drug-likeness (QED) is 0.435. The molecule has 190 valence electrons. The van der Waals surface area contributed by atoms with Gasteiger partial charge in [0.2, 0.25) is 0 Å². The van der Waals surface area contributed by atoms with Crippen molar-refractivity contribution in [3.05, 3.63) is 46.3 Å². The van der Waals surface area contributed by atoms with Crippen molar-refractivity contribution >= 4 is 17.7 Å². The van der Waals surface area contributed by atoms with Crippen molar-refractivity contribution in [3.63, 3.8) is 0 Å². The molecule has 8 heteroatoms. The number of methoxy groups -OCH3 is 2. The summed E-state index contributed by atoms with van der Waals surface area (Å²) in [6.07, 6.45) is 0.830. The third-order valence-electron chi connectivity index (χ3n) is 6.67. The molecule has 3 rings (SSSR count). The van der Waals surface area contributed by atoms with Crippen molar-refractivity contribution in [1.82, 2.24) is 5.32 Å². The lowest BCUT2D eigenvalue weighted by Crippen LogP contribution is -2.43. The Morgan fingerprint density at radius 2 is 1.89 bits per heavy atom. The van der Waals surface area contributed by atoms with E-state index in [2.05, 4.69) is 5.32 Å². The summed E-state index contributed by atoms with van der Waals surface area (Å²) in [6, 6.07) is 5.35. The summed E-state index contributed by atoms with van der Waals surface area (Å²) in [5.74, 6) is -2.32. The molecule has 0 amide bonds. The molecule has 1 heterocycles. The van der Waals surface area contributed by atoms with E-state index in [-0.39, 0.29) is 17.8 Å². The second-order valence-electron chi connectivity index (χ2n) is 9.00. The van der Waals surface area contributed by atoms with E-state index in [9.17, 15) is 14.4 Å². The lowest BCUT2D eigenvalue weighted by Gasteiger charge is -2.38. The number of carbonyl (C=O) groups excluding carboxylic acids is 3. The van der Waals surface area contributed by atoms with E-state index >= 15 is 0 Å². The standard InChI is InChI=1S/C27H35NO7/c1-8-15(4)35-27(31)22-16(5)28-18-12-14(3)21(26(30)33-7)25(29)24(18)23(22)17-10-11-19(34-9-2)20(13-17)32-6/h10-11,13-15,21,23,28H,8-9,12H2,1-7H3/t14-,15-,21-,23+/m1/s1. The van der Waals surface area contributed by atoms with E-state index in [4.69, 9.17) is 18.9 Å². The molecule has 1 aliphatic heterocycles. The van der Waals surface area contributed by atoms with Crippen LogP contribution in [0.3, 0.4) is 0 Å². The van der Waals surface area contributed by atoms with E-state index in [1.165, 1.54) is 14.2 Å². The number of carbonyl (C=O) groups is 3. The van der Waals surface area contributed by atoms with Crippen LogP contribution >= 0.6 is 0 Å². The van der Waals surface area contributed by atoms with E-state index in [0.717, 1.165) is 0 Å². The molecule has 1 aliphatic carbocycles. The van der Waals surface area contributed by atoms with Gasteiger partial charge in [-0.25, -0.2) is 4.79 Å². The van der Waals surface area contributed by atoms with Gasteiger partial charge in [-0.15, -0.1) is 0 Å². The molecule has 0 fully saturated rings. The highest BCUT2D eigenvalue weighted by atomic mass is 16.5. The molecule has 1 N–H and O–H groups in total. The number of hydrogen-bond acceptors (Lipinski definition) is 8. The Hall–Kier alpha value is -3.29. The molecule has 0 unspecified atom stereocenters. The molecule has 4 atom stereocenters. The number of ketones is 1. The molecule has 35 heavy (non-hydrogen) atoms. The van der Waals surface area contributed by atoms with Gasteiger partial charge in [-0.1, -0.05) is 19.9 Å². The summed E-state index contributed by atoms with van der Waals surface area (Å²) in [5.41, 5.74) is 2.71. The number of nitrogens with one attached hydrogen (secondary N) is 1.